The molecule has 4 unspecified atom stereocenters. The van der Waals surface area contributed by atoms with Crippen molar-refractivity contribution in [2.24, 2.45) is 17.4 Å². The first-order valence-corrected chi connectivity index (χ1v) is 11.1. The van der Waals surface area contributed by atoms with E-state index in [-0.39, 0.29) is 6.42 Å². The molecule has 2 rings (SSSR count). The smallest absolute Gasteiger partial charge is 0.325 e. The largest absolute Gasteiger partial charge is 0.480 e. The fourth-order valence-corrected chi connectivity index (χ4v) is 3.47. The number of H-pyrrole nitrogens is 1. The van der Waals surface area contributed by atoms with E-state index < -0.39 is 66.1 Å². The summed E-state index contributed by atoms with van der Waals surface area (Å²) in [6.07, 6.45) is 1.40. The molecule has 0 saturated carbocycles. The summed E-state index contributed by atoms with van der Waals surface area (Å²) in [4.78, 5) is 63.8. The highest BCUT2D eigenvalue weighted by Gasteiger charge is 2.31. The van der Waals surface area contributed by atoms with E-state index in [4.69, 9.17) is 16.6 Å². The highest BCUT2D eigenvalue weighted by Crippen LogP contribution is 2.18. The molecule has 0 aliphatic carbocycles. The van der Waals surface area contributed by atoms with Gasteiger partial charge in [-0.15, -0.1) is 0 Å². The average molecular weight is 489 g/mol. The van der Waals surface area contributed by atoms with E-state index in [0.717, 1.165) is 16.5 Å². The Balaban J connectivity index is 2.10. The molecule has 0 aliphatic rings. The van der Waals surface area contributed by atoms with Crippen LogP contribution >= 0.6 is 0 Å². The number of aliphatic carboxylic acids is 1. The zero-order valence-corrected chi connectivity index (χ0v) is 19.8. The number of carbonyl (C=O) groups excluding carboxylic acids is 4. The third kappa shape index (κ3) is 7.54. The van der Waals surface area contributed by atoms with Crippen LogP contribution < -0.4 is 27.4 Å². The van der Waals surface area contributed by atoms with Gasteiger partial charge < -0.3 is 37.5 Å². The number of para-hydroxylation sites is 1. The number of primary amides is 1. The highest BCUT2D eigenvalue weighted by molar-refractivity contribution is 5.96. The van der Waals surface area contributed by atoms with Crippen molar-refractivity contribution in [2.45, 2.75) is 57.8 Å². The van der Waals surface area contributed by atoms with Gasteiger partial charge in [0.2, 0.25) is 23.6 Å². The van der Waals surface area contributed by atoms with Gasteiger partial charge in [0.25, 0.3) is 0 Å². The maximum absolute atomic E-state index is 12.9. The lowest BCUT2D eigenvalue weighted by Gasteiger charge is -2.26. The second-order valence-electron chi connectivity index (χ2n) is 8.70. The van der Waals surface area contributed by atoms with Crippen LogP contribution in [0, 0.1) is 5.92 Å². The molecule has 35 heavy (non-hydrogen) atoms. The summed E-state index contributed by atoms with van der Waals surface area (Å²) >= 11 is 0. The molecule has 0 radical (unpaired) electrons. The standard InChI is InChI=1S/C23H32N6O6/c1-11(2)19(22(33)27-12(3)23(34)35)29-21(32)17(9-18(25)30)28-20(31)15(24)8-13-10-26-16-7-5-4-6-14(13)16/h4-7,10-12,15,17,19,26H,8-9,24H2,1-3H3,(H2,25,30)(H,27,33)(H,28,31)(H,29,32)(H,34,35). The van der Waals surface area contributed by atoms with Crippen LogP contribution in [0.5, 0.6) is 0 Å². The Kier molecular flexibility index (Phi) is 9.34. The van der Waals surface area contributed by atoms with Crippen molar-refractivity contribution in [1.29, 1.82) is 0 Å². The monoisotopic (exact) mass is 488 g/mol. The topological polar surface area (TPSA) is 209 Å². The Bertz CT molecular complexity index is 1100. The Hall–Kier alpha value is -3.93. The minimum atomic E-state index is -1.38. The molecule has 4 atom stereocenters. The summed E-state index contributed by atoms with van der Waals surface area (Å²) in [5.41, 5.74) is 13.0. The Morgan fingerprint density at radius 1 is 0.971 bits per heavy atom. The number of fused-ring (bicyclic) bond motifs is 1. The average Bonchev–Trinajstić information content (AvgIpc) is 3.18. The van der Waals surface area contributed by atoms with Crippen LogP contribution in [-0.2, 0) is 30.4 Å². The van der Waals surface area contributed by atoms with Gasteiger partial charge in [0.1, 0.15) is 18.1 Å². The number of nitrogens with two attached hydrogens (primary N) is 2. The van der Waals surface area contributed by atoms with Gasteiger partial charge in [0, 0.05) is 17.1 Å². The van der Waals surface area contributed by atoms with Crippen LogP contribution in [0.3, 0.4) is 0 Å². The van der Waals surface area contributed by atoms with Crippen LogP contribution in [0.15, 0.2) is 30.5 Å². The lowest BCUT2D eigenvalue weighted by atomic mass is 10.0. The third-order valence-electron chi connectivity index (χ3n) is 5.47. The van der Waals surface area contributed by atoms with Gasteiger partial charge in [-0.1, -0.05) is 32.0 Å². The molecule has 190 valence electrons. The van der Waals surface area contributed by atoms with Crippen molar-refractivity contribution in [2.75, 3.05) is 0 Å². The van der Waals surface area contributed by atoms with Crippen molar-refractivity contribution in [1.82, 2.24) is 20.9 Å². The molecule has 12 heteroatoms. The first-order valence-electron chi connectivity index (χ1n) is 11.1. The third-order valence-corrected chi connectivity index (χ3v) is 5.47. The number of nitrogens with one attached hydrogen (secondary N) is 4. The molecule has 4 amide bonds. The van der Waals surface area contributed by atoms with Gasteiger partial charge in [0.05, 0.1) is 12.5 Å². The predicted octanol–water partition coefficient (Wildman–Crippen LogP) is -0.872. The molecule has 0 spiro atoms. The molecule has 0 saturated heterocycles. The maximum atomic E-state index is 12.9. The van der Waals surface area contributed by atoms with Gasteiger partial charge in [-0.2, -0.15) is 0 Å². The highest BCUT2D eigenvalue weighted by atomic mass is 16.4. The van der Waals surface area contributed by atoms with Crippen LogP contribution in [0.1, 0.15) is 32.8 Å². The Labute approximate surface area is 202 Å². The summed E-state index contributed by atoms with van der Waals surface area (Å²) < 4.78 is 0. The summed E-state index contributed by atoms with van der Waals surface area (Å²) in [6, 6.07) is 2.80. The number of aromatic amines is 1. The van der Waals surface area contributed by atoms with Crippen molar-refractivity contribution >= 4 is 40.5 Å². The van der Waals surface area contributed by atoms with Gasteiger partial charge in [-0.3, -0.25) is 24.0 Å². The summed E-state index contributed by atoms with van der Waals surface area (Å²) in [5, 5.41) is 17.1. The van der Waals surface area contributed by atoms with E-state index in [9.17, 15) is 24.0 Å². The van der Waals surface area contributed by atoms with E-state index >= 15 is 0 Å². The van der Waals surface area contributed by atoms with Gasteiger partial charge >= 0.3 is 5.97 Å². The zero-order chi connectivity index (χ0) is 26.3. The molecular formula is C23H32N6O6. The quantitative estimate of drug-likeness (QED) is 0.200. The number of hydrogen-bond donors (Lipinski definition) is 7. The van der Waals surface area contributed by atoms with Crippen molar-refractivity contribution in [3.05, 3.63) is 36.0 Å². The molecule has 0 fully saturated rings. The number of amides is 4. The molecule has 12 nitrogen and oxygen atoms in total. The van der Waals surface area contributed by atoms with E-state index in [0.29, 0.717) is 0 Å². The van der Waals surface area contributed by atoms with Gasteiger partial charge in [-0.25, -0.2) is 0 Å². The van der Waals surface area contributed by atoms with Gasteiger partial charge in [-0.05, 0) is 30.9 Å². The number of carbonyl (C=O) groups is 5. The van der Waals surface area contributed by atoms with Crippen molar-refractivity contribution < 1.29 is 29.1 Å². The zero-order valence-electron chi connectivity index (χ0n) is 19.8. The molecule has 0 aliphatic heterocycles. The molecule has 0 bridgehead atoms. The molecular weight excluding hydrogens is 456 g/mol. The number of aromatic nitrogens is 1. The lowest BCUT2D eigenvalue weighted by Crippen LogP contribution is -2.58. The first kappa shape index (κ1) is 27.3. The molecule has 1 aromatic carbocycles. The molecule has 9 N–H and O–H groups in total. The minimum absolute atomic E-state index is 0.171. The molecule has 1 aromatic heterocycles. The van der Waals surface area contributed by atoms with Crippen LogP contribution in [0.25, 0.3) is 10.9 Å². The maximum Gasteiger partial charge on any atom is 0.325 e. The van der Waals surface area contributed by atoms with Gasteiger partial charge in [0.15, 0.2) is 0 Å². The number of hydrogen-bond acceptors (Lipinski definition) is 6. The Morgan fingerprint density at radius 2 is 1.63 bits per heavy atom. The number of carboxylic acid groups (broad SMARTS) is 1. The predicted molar refractivity (Wildman–Crippen MR) is 128 cm³/mol. The minimum Gasteiger partial charge on any atom is -0.480 e. The molecule has 1 heterocycles. The van der Waals surface area contributed by atoms with E-state index in [1.165, 1.54) is 6.92 Å². The number of rotatable bonds is 12. The van der Waals surface area contributed by atoms with Crippen molar-refractivity contribution in [3.63, 3.8) is 0 Å². The SMILES string of the molecule is CC(NC(=O)C(NC(=O)C(CC(N)=O)NC(=O)C(N)Cc1c[nH]c2ccccc12)C(C)C)C(=O)O. The normalized spacial score (nSPS) is 14.5. The van der Waals surface area contributed by atoms with Crippen molar-refractivity contribution in [3.8, 4) is 0 Å². The fraction of sp³-hybridized carbons (Fsp3) is 0.435. The second-order valence-corrected chi connectivity index (χ2v) is 8.70. The summed E-state index contributed by atoms with van der Waals surface area (Å²) in [7, 11) is 0. The summed E-state index contributed by atoms with van der Waals surface area (Å²) in [6.45, 7) is 4.58. The Morgan fingerprint density at radius 3 is 2.23 bits per heavy atom. The molecule has 2 aromatic rings. The second kappa shape index (κ2) is 12.0. The lowest BCUT2D eigenvalue weighted by molar-refractivity contribution is -0.142. The van der Waals surface area contributed by atoms with E-state index in [1.807, 2.05) is 24.3 Å². The van der Waals surface area contributed by atoms with Crippen LogP contribution in [-0.4, -0.2) is 63.9 Å². The fourth-order valence-electron chi connectivity index (χ4n) is 3.47. The van der Waals surface area contributed by atoms with E-state index in [1.54, 1.807) is 20.0 Å². The van der Waals surface area contributed by atoms with Crippen LogP contribution in [0.4, 0.5) is 0 Å². The summed E-state index contributed by atoms with van der Waals surface area (Å²) in [5.74, 6) is -4.73. The van der Waals surface area contributed by atoms with Crippen LogP contribution in [0.2, 0.25) is 0 Å². The number of carboxylic acids is 1. The first-order chi connectivity index (χ1) is 16.4. The number of benzene rings is 1. The van der Waals surface area contributed by atoms with E-state index in [2.05, 4.69) is 20.9 Å².